The highest BCUT2D eigenvalue weighted by Crippen LogP contribution is 2.24. The molecule has 0 amide bonds. The van der Waals surface area contributed by atoms with Gasteiger partial charge in [-0.3, -0.25) is 0 Å². The van der Waals surface area contributed by atoms with Gasteiger partial charge in [0.15, 0.2) is 0 Å². The van der Waals surface area contributed by atoms with Gasteiger partial charge in [0.2, 0.25) is 0 Å². The first-order chi connectivity index (χ1) is 10.8. The van der Waals surface area contributed by atoms with Crippen molar-refractivity contribution in [3.05, 3.63) is 48.5 Å². The van der Waals surface area contributed by atoms with Gasteiger partial charge >= 0.3 is 0 Å². The van der Waals surface area contributed by atoms with Crippen molar-refractivity contribution in [1.29, 1.82) is 0 Å². The van der Waals surface area contributed by atoms with E-state index in [2.05, 4.69) is 23.7 Å². The topological polar surface area (TPSA) is 52.0 Å². The van der Waals surface area contributed by atoms with Crippen LogP contribution in [0.3, 0.4) is 0 Å². The van der Waals surface area contributed by atoms with Gasteiger partial charge in [-0.15, -0.1) is 23.5 Å². The molecule has 0 aliphatic rings. The van der Waals surface area contributed by atoms with E-state index in [1.54, 1.807) is 23.5 Å². The van der Waals surface area contributed by atoms with Crippen molar-refractivity contribution in [2.24, 2.45) is 0 Å². The van der Waals surface area contributed by atoms with E-state index in [-0.39, 0.29) is 0 Å². The van der Waals surface area contributed by atoms with E-state index in [4.69, 9.17) is 11.5 Å². The minimum atomic E-state index is 0.682. The minimum absolute atomic E-state index is 0.682. The highest BCUT2D eigenvalue weighted by Gasteiger charge is 1.96. The van der Waals surface area contributed by atoms with Crippen molar-refractivity contribution >= 4 is 34.9 Å². The molecule has 0 unspecified atom stereocenters. The fourth-order valence-electron chi connectivity index (χ4n) is 1.61. The number of benzene rings is 2. The van der Waals surface area contributed by atoms with E-state index in [1.165, 1.54) is 0 Å². The van der Waals surface area contributed by atoms with Crippen LogP contribution in [0.1, 0.15) is 0 Å². The molecule has 0 aliphatic heterocycles. The van der Waals surface area contributed by atoms with Crippen molar-refractivity contribution < 1.29 is 0 Å². The maximum Gasteiger partial charge on any atom is 0.0605 e. The molecule has 0 bridgehead atoms. The van der Waals surface area contributed by atoms with Gasteiger partial charge in [0.1, 0.15) is 0 Å². The maximum atomic E-state index is 5.86. The number of thioether (sulfide) groups is 2. The third kappa shape index (κ3) is 5.33. The lowest BCUT2D eigenvalue weighted by Gasteiger charge is -2.00. The molecule has 0 saturated heterocycles. The van der Waals surface area contributed by atoms with Crippen LogP contribution in [0.4, 0.5) is 11.4 Å². The molecule has 0 saturated carbocycles. The Bertz CT molecular complexity index is 683. The van der Waals surface area contributed by atoms with Gasteiger partial charge in [-0.1, -0.05) is 36.1 Å². The summed E-state index contributed by atoms with van der Waals surface area (Å²) in [6.45, 7) is 0. The molecule has 2 rings (SSSR count). The molecule has 0 atom stereocenters. The molecule has 110 valence electrons. The fraction of sp³-hybridized carbons (Fsp3) is 0.111. The second kappa shape index (κ2) is 9.00. The SMILES string of the molecule is Nc1ccccc1SCC#CC#CCSc1ccccc1N. The van der Waals surface area contributed by atoms with Gasteiger partial charge in [0.05, 0.1) is 11.5 Å². The molecule has 0 aromatic heterocycles. The van der Waals surface area contributed by atoms with Crippen LogP contribution < -0.4 is 11.5 Å². The summed E-state index contributed by atoms with van der Waals surface area (Å²) in [5, 5.41) is 0. The largest absolute Gasteiger partial charge is 0.398 e. The number of anilines is 2. The third-order valence-corrected chi connectivity index (χ3v) is 4.62. The van der Waals surface area contributed by atoms with Crippen LogP contribution in [0, 0.1) is 23.7 Å². The standard InChI is InChI=1S/C18H16N2S2/c19-15-9-3-5-11-17(15)21-13-7-1-2-8-14-22-18-12-6-4-10-16(18)20/h3-6,9-12H,13-14,19-20H2. The van der Waals surface area contributed by atoms with Crippen LogP contribution in [-0.4, -0.2) is 11.5 Å². The van der Waals surface area contributed by atoms with Gasteiger partial charge in [-0.05, 0) is 36.1 Å². The monoisotopic (exact) mass is 324 g/mol. The van der Waals surface area contributed by atoms with E-state index < -0.39 is 0 Å². The van der Waals surface area contributed by atoms with Crippen molar-refractivity contribution in [3.63, 3.8) is 0 Å². The number of hydrogen-bond acceptors (Lipinski definition) is 4. The van der Waals surface area contributed by atoms with Crippen LogP contribution in [0.2, 0.25) is 0 Å². The molecule has 2 aromatic rings. The van der Waals surface area contributed by atoms with E-state index in [0.29, 0.717) is 11.5 Å². The first kappa shape index (κ1) is 16.2. The van der Waals surface area contributed by atoms with Crippen LogP contribution in [-0.2, 0) is 0 Å². The molecule has 0 radical (unpaired) electrons. The predicted molar refractivity (Wildman–Crippen MR) is 98.7 cm³/mol. The highest BCUT2D eigenvalue weighted by atomic mass is 32.2. The summed E-state index contributed by atoms with van der Waals surface area (Å²) >= 11 is 3.24. The Morgan fingerprint density at radius 2 is 1.09 bits per heavy atom. The van der Waals surface area contributed by atoms with Crippen molar-refractivity contribution in [2.75, 3.05) is 23.0 Å². The average molecular weight is 324 g/mol. The van der Waals surface area contributed by atoms with Crippen LogP contribution in [0.25, 0.3) is 0 Å². The quantitative estimate of drug-likeness (QED) is 0.511. The summed E-state index contributed by atoms with van der Waals surface area (Å²) in [5.41, 5.74) is 13.3. The number of para-hydroxylation sites is 2. The van der Waals surface area contributed by atoms with Crippen LogP contribution in [0.15, 0.2) is 58.3 Å². The Balaban J connectivity index is 1.73. The molecule has 2 aromatic carbocycles. The van der Waals surface area contributed by atoms with Gasteiger partial charge < -0.3 is 11.5 Å². The zero-order valence-corrected chi connectivity index (χ0v) is 13.6. The van der Waals surface area contributed by atoms with Gasteiger partial charge in [-0.2, -0.15) is 0 Å². The number of rotatable bonds is 4. The Kier molecular flexibility index (Phi) is 6.64. The van der Waals surface area contributed by atoms with Crippen molar-refractivity contribution in [2.45, 2.75) is 9.79 Å². The van der Waals surface area contributed by atoms with Gasteiger partial charge in [0.25, 0.3) is 0 Å². The van der Waals surface area contributed by atoms with Crippen LogP contribution in [0.5, 0.6) is 0 Å². The summed E-state index contributed by atoms with van der Waals surface area (Å²) in [6, 6.07) is 15.6. The normalized spacial score (nSPS) is 9.27. The number of nitrogen functional groups attached to an aromatic ring is 2. The molecule has 2 nitrogen and oxygen atoms in total. The fourth-order valence-corrected chi connectivity index (χ4v) is 3.03. The Labute approximate surface area is 140 Å². The lowest BCUT2D eigenvalue weighted by molar-refractivity contribution is 1.46. The maximum absolute atomic E-state index is 5.86. The van der Waals surface area contributed by atoms with Gasteiger partial charge in [0, 0.05) is 21.2 Å². The lowest BCUT2D eigenvalue weighted by atomic mass is 10.3. The molecular formula is C18H16N2S2. The summed E-state index contributed by atoms with van der Waals surface area (Å²) in [5.74, 6) is 13.1. The summed E-state index contributed by atoms with van der Waals surface area (Å²) in [6.07, 6.45) is 0. The summed E-state index contributed by atoms with van der Waals surface area (Å²) in [7, 11) is 0. The Morgan fingerprint density at radius 1 is 0.682 bits per heavy atom. The summed E-state index contributed by atoms with van der Waals surface area (Å²) < 4.78 is 0. The second-order valence-electron chi connectivity index (χ2n) is 4.26. The molecule has 0 aliphatic carbocycles. The van der Waals surface area contributed by atoms with Gasteiger partial charge in [-0.25, -0.2) is 0 Å². The predicted octanol–water partition coefficient (Wildman–Crippen LogP) is 3.74. The van der Waals surface area contributed by atoms with E-state index in [1.807, 2.05) is 48.5 Å². The first-order valence-electron chi connectivity index (χ1n) is 6.67. The molecule has 4 N–H and O–H groups in total. The molecule has 22 heavy (non-hydrogen) atoms. The average Bonchev–Trinajstić information content (AvgIpc) is 2.53. The summed E-state index contributed by atoms with van der Waals surface area (Å²) in [4.78, 5) is 2.11. The number of nitrogens with two attached hydrogens (primary N) is 2. The smallest absolute Gasteiger partial charge is 0.0605 e. The Hall–Kier alpha value is -2.14. The molecular weight excluding hydrogens is 308 g/mol. The third-order valence-electron chi connectivity index (χ3n) is 2.68. The van der Waals surface area contributed by atoms with E-state index in [0.717, 1.165) is 21.2 Å². The van der Waals surface area contributed by atoms with Crippen molar-refractivity contribution in [1.82, 2.24) is 0 Å². The molecule has 4 heteroatoms. The molecule has 0 fully saturated rings. The van der Waals surface area contributed by atoms with E-state index >= 15 is 0 Å². The molecule has 0 heterocycles. The highest BCUT2D eigenvalue weighted by molar-refractivity contribution is 7.99. The lowest BCUT2D eigenvalue weighted by Crippen LogP contribution is -1.87. The van der Waals surface area contributed by atoms with Crippen molar-refractivity contribution in [3.8, 4) is 23.7 Å². The first-order valence-corrected chi connectivity index (χ1v) is 8.65. The second-order valence-corrected chi connectivity index (χ2v) is 6.29. The molecule has 0 spiro atoms. The minimum Gasteiger partial charge on any atom is -0.398 e. The van der Waals surface area contributed by atoms with Crippen LogP contribution >= 0.6 is 23.5 Å². The van der Waals surface area contributed by atoms with E-state index in [9.17, 15) is 0 Å². The number of hydrogen-bond donors (Lipinski definition) is 2. The Morgan fingerprint density at radius 3 is 1.50 bits per heavy atom. The zero-order chi connectivity index (χ0) is 15.6. The zero-order valence-electron chi connectivity index (χ0n) is 12.0.